The van der Waals surface area contributed by atoms with Crippen LogP contribution in [0.5, 0.6) is 0 Å². The molecule has 0 bridgehead atoms. The van der Waals surface area contributed by atoms with E-state index in [0.717, 1.165) is 35.1 Å². The molecule has 2 aromatic carbocycles. The van der Waals surface area contributed by atoms with Gasteiger partial charge in [-0.2, -0.15) is 0 Å². The van der Waals surface area contributed by atoms with E-state index in [-0.39, 0.29) is 24.4 Å². The van der Waals surface area contributed by atoms with E-state index < -0.39 is 7.12 Å². The van der Waals surface area contributed by atoms with Gasteiger partial charge in [-0.3, -0.25) is 4.79 Å². The minimum atomic E-state index is -1.31. The van der Waals surface area contributed by atoms with E-state index >= 15 is 0 Å². The van der Waals surface area contributed by atoms with E-state index in [0.29, 0.717) is 19.3 Å². The fourth-order valence-electron chi connectivity index (χ4n) is 3.99. The minimum Gasteiger partial charge on any atom is -0.460 e. The van der Waals surface area contributed by atoms with Gasteiger partial charge in [-0.15, -0.1) is 0 Å². The lowest BCUT2D eigenvalue weighted by atomic mass is 9.80. The van der Waals surface area contributed by atoms with Crippen LogP contribution in [0.25, 0.3) is 0 Å². The molecule has 6 heteroatoms. The highest BCUT2D eigenvalue weighted by atomic mass is 16.5. The molecule has 2 aromatic rings. The maximum atomic E-state index is 12.9. The van der Waals surface area contributed by atoms with Crippen LogP contribution < -0.4 is 5.73 Å². The number of carbonyl (C=O) groups excluding carboxylic acids is 1. The third-order valence-corrected chi connectivity index (χ3v) is 5.32. The number of hydrogen-bond donors (Lipinski definition) is 3. The van der Waals surface area contributed by atoms with Crippen LogP contribution in [0, 0.1) is 5.92 Å². The van der Waals surface area contributed by atoms with Crippen molar-refractivity contribution in [1.82, 2.24) is 0 Å². The van der Waals surface area contributed by atoms with Crippen molar-refractivity contribution in [3.63, 3.8) is 0 Å². The molecule has 0 saturated carbocycles. The molecule has 1 aliphatic rings. The second-order valence-corrected chi connectivity index (χ2v) is 7.14. The van der Waals surface area contributed by atoms with Crippen LogP contribution in [-0.4, -0.2) is 23.1 Å². The van der Waals surface area contributed by atoms with Crippen molar-refractivity contribution >= 4 is 13.1 Å². The van der Waals surface area contributed by atoms with Crippen molar-refractivity contribution in [1.29, 1.82) is 0 Å². The van der Waals surface area contributed by atoms with E-state index in [1.54, 1.807) is 0 Å². The van der Waals surface area contributed by atoms with Crippen molar-refractivity contribution in [2.45, 2.75) is 44.7 Å². The van der Waals surface area contributed by atoms with E-state index in [9.17, 15) is 4.79 Å². The molecule has 27 heavy (non-hydrogen) atoms. The van der Waals surface area contributed by atoms with Crippen LogP contribution in [0.1, 0.15) is 41.0 Å². The van der Waals surface area contributed by atoms with Gasteiger partial charge in [-0.05, 0) is 47.3 Å². The number of hydrogen-bond acceptors (Lipinski definition) is 5. The summed E-state index contributed by atoms with van der Waals surface area (Å²) in [6, 6.07) is 15.6. The Kier molecular flexibility index (Phi) is 6.66. The summed E-state index contributed by atoms with van der Waals surface area (Å²) in [6.45, 7) is 0.696. The Labute approximate surface area is 160 Å². The fourth-order valence-corrected chi connectivity index (χ4v) is 3.99. The highest BCUT2D eigenvalue weighted by molar-refractivity contribution is 6.40. The zero-order valence-corrected chi connectivity index (χ0v) is 15.4. The van der Waals surface area contributed by atoms with Crippen molar-refractivity contribution in [2.75, 3.05) is 0 Å². The Morgan fingerprint density at radius 2 is 1.93 bits per heavy atom. The van der Waals surface area contributed by atoms with Crippen molar-refractivity contribution < 1.29 is 19.6 Å². The second kappa shape index (κ2) is 9.17. The monoisotopic (exact) mass is 367 g/mol. The Hall–Kier alpha value is -2.15. The number of nitrogens with two attached hydrogens (primary N) is 1. The van der Waals surface area contributed by atoms with Crippen molar-refractivity contribution in [3.05, 3.63) is 70.8 Å². The number of carbonyl (C=O) groups is 1. The molecule has 2 atom stereocenters. The summed E-state index contributed by atoms with van der Waals surface area (Å²) >= 11 is 0. The average Bonchev–Trinajstić information content (AvgIpc) is 3.05. The summed E-state index contributed by atoms with van der Waals surface area (Å²) in [5, 5.41) is 18.2. The maximum Gasteiger partial charge on any atom is 0.451 e. The van der Waals surface area contributed by atoms with E-state index in [4.69, 9.17) is 20.5 Å². The van der Waals surface area contributed by atoms with Crippen LogP contribution in [0.4, 0.5) is 0 Å². The first kappa shape index (κ1) is 19.6. The first-order valence-electron chi connectivity index (χ1n) is 9.47. The second-order valence-electron chi connectivity index (χ2n) is 7.14. The van der Waals surface area contributed by atoms with Crippen molar-refractivity contribution in [2.24, 2.45) is 11.7 Å². The maximum absolute atomic E-state index is 12.9. The summed E-state index contributed by atoms with van der Waals surface area (Å²) in [4.78, 5) is 12.9. The lowest BCUT2D eigenvalue weighted by Gasteiger charge is -2.19. The Morgan fingerprint density at radius 1 is 1.15 bits per heavy atom. The topological polar surface area (TPSA) is 92.8 Å². The SMILES string of the molecule is NCc1cccc2c1CC(CCCB(O)O)C2C(=O)OCc1ccccc1. The van der Waals surface area contributed by atoms with Gasteiger partial charge in [0.15, 0.2) is 0 Å². The number of ether oxygens (including phenoxy) is 1. The molecule has 3 rings (SSSR count). The molecule has 0 spiro atoms. The first-order chi connectivity index (χ1) is 13.1. The Bertz CT molecular complexity index is 766. The number of esters is 1. The lowest BCUT2D eigenvalue weighted by Crippen LogP contribution is -2.21. The van der Waals surface area contributed by atoms with Gasteiger partial charge in [0.1, 0.15) is 6.61 Å². The average molecular weight is 367 g/mol. The van der Waals surface area contributed by atoms with Crippen LogP contribution in [0.2, 0.25) is 6.32 Å². The quantitative estimate of drug-likeness (QED) is 0.492. The van der Waals surface area contributed by atoms with E-state index in [1.807, 2.05) is 48.5 Å². The van der Waals surface area contributed by atoms with Gasteiger partial charge in [0.2, 0.25) is 0 Å². The number of rotatable bonds is 8. The molecule has 2 unspecified atom stereocenters. The van der Waals surface area contributed by atoms with Gasteiger partial charge in [-0.1, -0.05) is 55.0 Å². The minimum absolute atomic E-state index is 0.0923. The summed E-state index contributed by atoms with van der Waals surface area (Å²) < 4.78 is 5.63. The van der Waals surface area contributed by atoms with Gasteiger partial charge in [0.05, 0.1) is 5.92 Å². The Balaban J connectivity index is 1.76. The summed E-state index contributed by atoms with van der Waals surface area (Å²) in [5.41, 5.74) is 10.1. The highest BCUT2D eigenvalue weighted by Crippen LogP contribution is 2.43. The predicted molar refractivity (Wildman–Crippen MR) is 105 cm³/mol. The Morgan fingerprint density at radius 3 is 2.63 bits per heavy atom. The molecule has 0 amide bonds. The van der Waals surface area contributed by atoms with Gasteiger partial charge in [0.25, 0.3) is 0 Å². The standard InChI is InChI=1S/C21H26BNO4/c23-13-17-8-4-10-18-19(17)12-16(9-5-11-22(25)26)20(18)21(24)27-14-15-6-2-1-3-7-15/h1-4,6-8,10,16,20,25-26H,5,9,11-14,23H2. The van der Waals surface area contributed by atoms with Crippen LogP contribution in [0.3, 0.4) is 0 Å². The molecule has 1 aliphatic carbocycles. The number of benzene rings is 2. The summed E-state index contributed by atoms with van der Waals surface area (Å²) in [5.74, 6) is -0.456. The molecular formula is C21H26BNO4. The molecule has 4 N–H and O–H groups in total. The molecule has 0 heterocycles. The summed E-state index contributed by atoms with van der Waals surface area (Å²) in [7, 11) is -1.31. The summed E-state index contributed by atoms with van der Waals surface area (Å²) in [6.07, 6.45) is 2.47. The normalized spacial score (nSPS) is 18.2. The molecule has 0 fully saturated rings. The van der Waals surface area contributed by atoms with Crippen molar-refractivity contribution in [3.8, 4) is 0 Å². The largest absolute Gasteiger partial charge is 0.460 e. The zero-order chi connectivity index (χ0) is 19.2. The smallest absolute Gasteiger partial charge is 0.451 e. The van der Waals surface area contributed by atoms with Crippen LogP contribution in [-0.2, 0) is 29.1 Å². The van der Waals surface area contributed by atoms with Gasteiger partial charge in [0, 0.05) is 6.54 Å². The fraction of sp³-hybridized carbons (Fsp3) is 0.381. The molecule has 0 radical (unpaired) electrons. The molecule has 0 aromatic heterocycles. The molecule has 0 saturated heterocycles. The van der Waals surface area contributed by atoms with Crippen LogP contribution >= 0.6 is 0 Å². The molecule has 0 aliphatic heterocycles. The lowest BCUT2D eigenvalue weighted by molar-refractivity contribution is -0.148. The van der Waals surface area contributed by atoms with Crippen LogP contribution in [0.15, 0.2) is 48.5 Å². The molecule has 5 nitrogen and oxygen atoms in total. The molecule has 142 valence electrons. The third-order valence-electron chi connectivity index (χ3n) is 5.32. The number of fused-ring (bicyclic) bond motifs is 1. The third kappa shape index (κ3) is 4.77. The van der Waals surface area contributed by atoms with Gasteiger partial charge < -0.3 is 20.5 Å². The predicted octanol–water partition coefficient (Wildman–Crippen LogP) is 2.40. The van der Waals surface area contributed by atoms with Gasteiger partial charge >= 0.3 is 13.1 Å². The van der Waals surface area contributed by atoms with E-state index in [1.165, 1.54) is 0 Å². The molecular weight excluding hydrogens is 341 g/mol. The zero-order valence-electron chi connectivity index (χ0n) is 15.4. The first-order valence-corrected chi connectivity index (χ1v) is 9.47. The highest BCUT2D eigenvalue weighted by Gasteiger charge is 2.39. The van der Waals surface area contributed by atoms with Gasteiger partial charge in [-0.25, -0.2) is 0 Å². The van der Waals surface area contributed by atoms with E-state index in [2.05, 4.69) is 0 Å².